The Bertz CT molecular complexity index is 925. The number of methoxy groups -OCH3 is 1. The van der Waals surface area contributed by atoms with Gasteiger partial charge in [-0.2, -0.15) is 5.10 Å². The lowest BCUT2D eigenvalue weighted by Gasteiger charge is -2.04. The number of halogens is 1. The Kier molecular flexibility index (Phi) is 5.83. The fourth-order valence-electron chi connectivity index (χ4n) is 2.29. The maximum absolute atomic E-state index is 5.19. The summed E-state index contributed by atoms with van der Waals surface area (Å²) in [6.45, 7) is 2.74. The lowest BCUT2D eigenvalue weighted by molar-refractivity contribution is 0.415. The van der Waals surface area contributed by atoms with Crippen LogP contribution in [0.1, 0.15) is 12.5 Å². The van der Waals surface area contributed by atoms with Gasteiger partial charge in [0.25, 0.3) is 0 Å². The van der Waals surface area contributed by atoms with Crippen LogP contribution in [0.3, 0.4) is 0 Å². The van der Waals surface area contributed by atoms with E-state index < -0.39 is 0 Å². The fourth-order valence-corrected chi connectivity index (χ4v) is 3.45. The van der Waals surface area contributed by atoms with Gasteiger partial charge in [-0.1, -0.05) is 28.1 Å². The van der Waals surface area contributed by atoms with E-state index in [1.807, 2.05) is 54.2 Å². The third-order valence-electron chi connectivity index (χ3n) is 3.56. The van der Waals surface area contributed by atoms with E-state index in [1.54, 1.807) is 18.4 Å². The van der Waals surface area contributed by atoms with Crippen LogP contribution in [0.25, 0.3) is 11.3 Å². The molecule has 3 rings (SSSR count). The van der Waals surface area contributed by atoms with Crippen molar-refractivity contribution in [2.75, 3.05) is 13.7 Å². The SMILES string of the molecule is CCN=c1scc(-c2ccc(Br)cc2)n1N=Cc1ccc(OC)cc1. The van der Waals surface area contributed by atoms with Gasteiger partial charge < -0.3 is 4.74 Å². The minimum Gasteiger partial charge on any atom is -0.497 e. The van der Waals surface area contributed by atoms with Crippen molar-refractivity contribution in [3.8, 4) is 17.0 Å². The first-order chi connectivity index (χ1) is 12.2. The van der Waals surface area contributed by atoms with E-state index >= 15 is 0 Å². The van der Waals surface area contributed by atoms with Crippen molar-refractivity contribution in [2.24, 2.45) is 10.1 Å². The molecule has 128 valence electrons. The Balaban J connectivity index is 2.00. The predicted octanol–water partition coefficient (Wildman–Crippen LogP) is 4.79. The lowest BCUT2D eigenvalue weighted by Crippen LogP contribution is -2.12. The van der Waals surface area contributed by atoms with Crippen LogP contribution in [0, 0.1) is 0 Å². The molecule has 0 saturated heterocycles. The molecule has 4 nitrogen and oxygen atoms in total. The van der Waals surface area contributed by atoms with Crippen LogP contribution in [-0.4, -0.2) is 24.5 Å². The van der Waals surface area contributed by atoms with Gasteiger partial charge >= 0.3 is 0 Å². The number of rotatable bonds is 5. The van der Waals surface area contributed by atoms with Crippen molar-refractivity contribution < 1.29 is 4.74 Å². The molecule has 25 heavy (non-hydrogen) atoms. The number of thiazole rings is 1. The normalized spacial score (nSPS) is 12.0. The molecule has 0 aliphatic carbocycles. The second-order valence-electron chi connectivity index (χ2n) is 5.21. The fraction of sp³-hybridized carbons (Fsp3) is 0.158. The number of hydrogen-bond acceptors (Lipinski definition) is 4. The van der Waals surface area contributed by atoms with Crippen LogP contribution in [0.2, 0.25) is 0 Å². The van der Waals surface area contributed by atoms with Gasteiger partial charge in [-0.05, 0) is 48.9 Å². The molecule has 0 fully saturated rings. The van der Waals surface area contributed by atoms with Crippen molar-refractivity contribution in [1.82, 2.24) is 4.68 Å². The molecule has 0 radical (unpaired) electrons. The molecule has 0 aliphatic rings. The van der Waals surface area contributed by atoms with E-state index in [0.29, 0.717) is 0 Å². The van der Waals surface area contributed by atoms with Crippen LogP contribution >= 0.6 is 27.3 Å². The molecular weight excluding hydrogens is 398 g/mol. The largest absolute Gasteiger partial charge is 0.497 e. The standard InChI is InChI=1S/C19H18BrN3OS/c1-3-21-19-23(22-12-14-4-10-17(24-2)11-5-14)18(13-25-19)15-6-8-16(20)9-7-15/h4-13H,3H2,1-2H3. The quantitative estimate of drug-likeness (QED) is 0.552. The van der Waals surface area contributed by atoms with E-state index in [-0.39, 0.29) is 0 Å². The number of benzene rings is 2. The zero-order valence-corrected chi connectivity index (χ0v) is 16.4. The first kappa shape index (κ1) is 17.6. The molecule has 6 heteroatoms. The maximum atomic E-state index is 5.19. The topological polar surface area (TPSA) is 38.9 Å². The van der Waals surface area contributed by atoms with Gasteiger partial charge in [0.1, 0.15) is 5.75 Å². The van der Waals surface area contributed by atoms with E-state index in [0.717, 1.165) is 38.4 Å². The summed E-state index contributed by atoms with van der Waals surface area (Å²) in [5.41, 5.74) is 3.13. The Morgan fingerprint density at radius 2 is 1.84 bits per heavy atom. The number of ether oxygens (including phenoxy) is 1. The molecule has 0 N–H and O–H groups in total. The van der Waals surface area contributed by atoms with Gasteiger partial charge in [-0.25, -0.2) is 4.68 Å². The van der Waals surface area contributed by atoms with Gasteiger partial charge in [0.05, 0.1) is 19.0 Å². The second-order valence-corrected chi connectivity index (χ2v) is 6.97. The minimum absolute atomic E-state index is 0.721. The van der Waals surface area contributed by atoms with Crippen molar-refractivity contribution in [2.45, 2.75) is 6.92 Å². The molecule has 3 aromatic rings. The van der Waals surface area contributed by atoms with Gasteiger partial charge in [0.15, 0.2) is 0 Å². The summed E-state index contributed by atoms with van der Waals surface area (Å²) in [5, 5.41) is 6.75. The smallest absolute Gasteiger partial charge is 0.206 e. The third kappa shape index (κ3) is 4.27. The number of hydrogen-bond donors (Lipinski definition) is 0. The highest BCUT2D eigenvalue weighted by Gasteiger charge is 2.07. The number of aromatic nitrogens is 1. The number of nitrogens with zero attached hydrogens (tertiary/aromatic N) is 3. The van der Waals surface area contributed by atoms with Crippen LogP contribution < -0.4 is 9.54 Å². The van der Waals surface area contributed by atoms with Gasteiger partial charge in [0, 0.05) is 22.0 Å². The third-order valence-corrected chi connectivity index (χ3v) is 4.94. The highest BCUT2D eigenvalue weighted by atomic mass is 79.9. The van der Waals surface area contributed by atoms with E-state index in [9.17, 15) is 0 Å². The van der Waals surface area contributed by atoms with Crippen molar-refractivity contribution in [3.05, 3.63) is 68.7 Å². The van der Waals surface area contributed by atoms with E-state index in [4.69, 9.17) is 4.74 Å². The van der Waals surface area contributed by atoms with Crippen LogP contribution in [0.15, 0.2) is 68.5 Å². The molecule has 0 spiro atoms. The Labute approximate surface area is 159 Å². The zero-order valence-electron chi connectivity index (χ0n) is 14.0. The Morgan fingerprint density at radius 3 is 2.48 bits per heavy atom. The summed E-state index contributed by atoms with van der Waals surface area (Å²) in [5.74, 6) is 0.831. The first-order valence-electron chi connectivity index (χ1n) is 7.86. The highest BCUT2D eigenvalue weighted by molar-refractivity contribution is 9.10. The zero-order chi connectivity index (χ0) is 17.6. The predicted molar refractivity (Wildman–Crippen MR) is 108 cm³/mol. The summed E-state index contributed by atoms with van der Waals surface area (Å²) in [7, 11) is 1.66. The molecule has 0 atom stereocenters. The molecule has 1 heterocycles. The maximum Gasteiger partial charge on any atom is 0.206 e. The van der Waals surface area contributed by atoms with Gasteiger partial charge in [-0.3, -0.25) is 4.99 Å². The first-order valence-corrected chi connectivity index (χ1v) is 9.54. The average Bonchev–Trinajstić information content (AvgIpc) is 3.04. The summed E-state index contributed by atoms with van der Waals surface area (Å²) >= 11 is 5.07. The molecule has 0 aliphatic heterocycles. The van der Waals surface area contributed by atoms with Crippen LogP contribution in [0.5, 0.6) is 5.75 Å². The van der Waals surface area contributed by atoms with Crippen molar-refractivity contribution >= 4 is 33.5 Å². The van der Waals surface area contributed by atoms with E-state index in [2.05, 4.69) is 43.5 Å². The molecule has 2 aromatic carbocycles. The molecular formula is C19H18BrN3OS. The minimum atomic E-state index is 0.721. The highest BCUT2D eigenvalue weighted by Crippen LogP contribution is 2.22. The van der Waals surface area contributed by atoms with Crippen LogP contribution in [-0.2, 0) is 0 Å². The van der Waals surface area contributed by atoms with Crippen molar-refractivity contribution in [3.63, 3.8) is 0 Å². The summed E-state index contributed by atoms with van der Waals surface area (Å²) in [4.78, 5) is 5.43. The second kappa shape index (κ2) is 8.27. The Hall–Kier alpha value is -2.18. The summed E-state index contributed by atoms with van der Waals surface area (Å²) < 4.78 is 8.13. The summed E-state index contributed by atoms with van der Waals surface area (Å²) in [6, 6.07) is 16.0. The van der Waals surface area contributed by atoms with Gasteiger partial charge in [0.2, 0.25) is 4.80 Å². The van der Waals surface area contributed by atoms with Crippen LogP contribution in [0.4, 0.5) is 0 Å². The monoisotopic (exact) mass is 415 g/mol. The molecule has 0 bridgehead atoms. The lowest BCUT2D eigenvalue weighted by atomic mass is 10.2. The summed E-state index contributed by atoms with van der Waals surface area (Å²) in [6.07, 6.45) is 1.84. The van der Waals surface area contributed by atoms with Crippen molar-refractivity contribution in [1.29, 1.82) is 0 Å². The molecule has 0 amide bonds. The average molecular weight is 416 g/mol. The Morgan fingerprint density at radius 1 is 1.12 bits per heavy atom. The van der Waals surface area contributed by atoms with Gasteiger partial charge in [-0.15, -0.1) is 11.3 Å². The molecule has 0 saturated carbocycles. The van der Waals surface area contributed by atoms with E-state index in [1.165, 1.54) is 0 Å². The molecule has 1 aromatic heterocycles. The molecule has 0 unspecified atom stereocenters.